The van der Waals surface area contributed by atoms with Crippen LogP contribution in [-0.2, 0) is 4.79 Å². The van der Waals surface area contributed by atoms with E-state index in [9.17, 15) is 13.6 Å². The van der Waals surface area contributed by atoms with Gasteiger partial charge in [0.15, 0.2) is 0 Å². The van der Waals surface area contributed by atoms with E-state index >= 15 is 0 Å². The van der Waals surface area contributed by atoms with Crippen molar-refractivity contribution < 1.29 is 13.6 Å². The van der Waals surface area contributed by atoms with Gasteiger partial charge >= 0.3 is 0 Å². The summed E-state index contributed by atoms with van der Waals surface area (Å²) < 4.78 is 26.3. The number of hydrogen-bond acceptors (Lipinski definition) is 2. The van der Waals surface area contributed by atoms with Crippen LogP contribution in [0, 0.1) is 11.6 Å². The van der Waals surface area contributed by atoms with Crippen LogP contribution in [-0.4, -0.2) is 24.5 Å². The van der Waals surface area contributed by atoms with E-state index in [1.54, 1.807) is 0 Å². The van der Waals surface area contributed by atoms with Gasteiger partial charge < -0.3 is 10.2 Å². The lowest BCUT2D eigenvalue weighted by atomic mass is 10.2. The second-order valence-corrected chi connectivity index (χ2v) is 4.90. The van der Waals surface area contributed by atoms with Gasteiger partial charge in [-0.25, -0.2) is 8.78 Å². The van der Waals surface area contributed by atoms with Crippen LogP contribution >= 0.6 is 0 Å². The number of nitrogens with one attached hydrogen (secondary N) is 1. The Morgan fingerprint density at radius 2 is 1.78 bits per heavy atom. The minimum atomic E-state index is -0.656. The van der Waals surface area contributed by atoms with Gasteiger partial charge in [-0.15, -0.1) is 0 Å². The average molecular weight is 252 g/mol. The van der Waals surface area contributed by atoms with E-state index < -0.39 is 11.6 Å². The maximum atomic E-state index is 13.1. The van der Waals surface area contributed by atoms with E-state index in [4.69, 9.17) is 0 Å². The zero-order valence-corrected chi connectivity index (χ0v) is 9.83. The quantitative estimate of drug-likeness (QED) is 0.890. The van der Waals surface area contributed by atoms with Crippen LogP contribution < -0.4 is 10.2 Å². The van der Waals surface area contributed by atoms with Gasteiger partial charge in [-0.3, -0.25) is 4.79 Å². The maximum absolute atomic E-state index is 13.1. The van der Waals surface area contributed by atoms with Crippen molar-refractivity contribution in [2.24, 2.45) is 0 Å². The maximum Gasteiger partial charge on any atom is 0.244 e. The number of halogens is 2. The first-order valence-corrected chi connectivity index (χ1v) is 6.17. The van der Waals surface area contributed by atoms with Crippen LogP contribution in [0.2, 0.25) is 0 Å². The molecular formula is C13H14F2N2O. The molecule has 1 aromatic carbocycles. The van der Waals surface area contributed by atoms with Gasteiger partial charge in [0.1, 0.15) is 11.6 Å². The zero-order valence-electron chi connectivity index (χ0n) is 9.83. The van der Waals surface area contributed by atoms with E-state index in [1.165, 1.54) is 17.0 Å². The van der Waals surface area contributed by atoms with Crippen molar-refractivity contribution in [1.29, 1.82) is 0 Å². The number of carbonyl (C=O) groups is 1. The SMILES string of the molecule is O=C1C(NC2CC2)CCN1c1cc(F)cc(F)c1. The molecule has 1 saturated heterocycles. The normalized spacial score (nSPS) is 23.8. The largest absolute Gasteiger partial charge is 0.311 e. The minimum Gasteiger partial charge on any atom is -0.311 e. The molecule has 1 heterocycles. The Balaban J connectivity index is 1.77. The van der Waals surface area contributed by atoms with Crippen LogP contribution in [0.5, 0.6) is 0 Å². The Kier molecular flexibility index (Phi) is 2.78. The van der Waals surface area contributed by atoms with Crippen molar-refractivity contribution in [1.82, 2.24) is 5.32 Å². The number of anilines is 1. The van der Waals surface area contributed by atoms with E-state index in [0.717, 1.165) is 18.9 Å². The third-order valence-electron chi connectivity index (χ3n) is 3.38. The Morgan fingerprint density at radius 3 is 2.39 bits per heavy atom. The van der Waals surface area contributed by atoms with Crippen molar-refractivity contribution in [3.05, 3.63) is 29.8 Å². The summed E-state index contributed by atoms with van der Waals surface area (Å²) in [7, 11) is 0. The highest BCUT2D eigenvalue weighted by Crippen LogP contribution is 2.26. The molecule has 1 amide bonds. The van der Waals surface area contributed by atoms with Gasteiger partial charge in [0, 0.05) is 24.3 Å². The van der Waals surface area contributed by atoms with Gasteiger partial charge in [-0.1, -0.05) is 0 Å². The van der Waals surface area contributed by atoms with Crippen molar-refractivity contribution in [3.8, 4) is 0 Å². The van der Waals surface area contributed by atoms with E-state index in [2.05, 4.69) is 5.32 Å². The zero-order chi connectivity index (χ0) is 12.7. The standard InChI is InChI=1S/C13H14F2N2O/c14-8-5-9(15)7-11(6-8)17-4-3-12(13(17)18)16-10-1-2-10/h5-7,10,12,16H,1-4H2. The van der Waals surface area contributed by atoms with Crippen LogP contribution in [0.15, 0.2) is 18.2 Å². The second-order valence-electron chi connectivity index (χ2n) is 4.90. The summed E-state index contributed by atoms with van der Waals surface area (Å²) in [5.41, 5.74) is 0.303. The summed E-state index contributed by atoms with van der Waals surface area (Å²) in [5, 5.41) is 3.25. The Bertz CT molecular complexity index is 468. The second kappa shape index (κ2) is 4.31. The summed E-state index contributed by atoms with van der Waals surface area (Å²) in [6.45, 7) is 0.506. The first-order chi connectivity index (χ1) is 8.63. The Morgan fingerprint density at radius 1 is 1.11 bits per heavy atom. The fourth-order valence-corrected chi connectivity index (χ4v) is 2.32. The molecule has 0 aromatic heterocycles. The molecule has 1 aromatic rings. The fourth-order valence-electron chi connectivity index (χ4n) is 2.32. The molecule has 1 atom stereocenters. The average Bonchev–Trinajstić information content (AvgIpc) is 3.03. The van der Waals surface area contributed by atoms with Gasteiger partial charge in [-0.05, 0) is 31.4 Å². The lowest BCUT2D eigenvalue weighted by Gasteiger charge is -2.17. The summed E-state index contributed by atoms with van der Waals surface area (Å²) >= 11 is 0. The lowest BCUT2D eigenvalue weighted by Crippen LogP contribution is -2.39. The van der Waals surface area contributed by atoms with Crippen LogP contribution in [0.4, 0.5) is 14.5 Å². The summed E-state index contributed by atoms with van der Waals surface area (Å²) in [5.74, 6) is -1.40. The van der Waals surface area contributed by atoms with Gasteiger partial charge in [0.05, 0.1) is 6.04 Å². The van der Waals surface area contributed by atoms with Crippen molar-refractivity contribution in [2.45, 2.75) is 31.3 Å². The van der Waals surface area contributed by atoms with Gasteiger partial charge in [0.2, 0.25) is 5.91 Å². The molecule has 0 spiro atoms. The van der Waals surface area contributed by atoms with E-state index in [-0.39, 0.29) is 11.9 Å². The molecule has 0 bridgehead atoms. The summed E-state index contributed by atoms with van der Waals surface area (Å²) in [4.78, 5) is 13.6. The molecule has 5 heteroatoms. The molecule has 1 N–H and O–H groups in total. The fraction of sp³-hybridized carbons (Fsp3) is 0.462. The molecule has 96 valence electrons. The first kappa shape index (κ1) is 11.6. The molecular weight excluding hydrogens is 238 g/mol. The third kappa shape index (κ3) is 2.22. The first-order valence-electron chi connectivity index (χ1n) is 6.17. The number of hydrogen-bond donors (Lipinski definition) is 1. The Labute approximate surface area is 104 Å². The van der Waals surface area contributed by atoms with Crippen LogP contribution in [0.25, 0.3) is 0 Å². The number of amides is 1. The number of benzene rings is 1. The smallest absolute Gasteiger partial charge is 0.244 e. The molecule has 1 unspecified atom stereocenters. The number of nitrogens with zero attached hydrogens (tertiary/aromatic N) is 1. The van der Waals surface area contributed by atoms with Crippen molar-refractivity contribution in [3.63, 3.8) is 0 Å². The molecule has 3 rings (SSSR count). The highest BCUT2D eigenvalue weighted by Gasteiger charge is 2.36. The lowest BCUT2D eigenvalue weighted by molar-refractivity contribution is -0.118. The highest BCUT2D eigenvalue weighted by atomic mass is 19.1. The number of rotatable bonds is 3. The monoisotopic (exact) mass is 252 g/mol. The molecule has 2 aliphatic rings. The highest BCUT2D eigenvalue weighted by molar-refractivity contribution is 5.99. The van der Waals surface area contributed by atoms with E-state index in [1.807, 2.05) is 0 Å². The number of carbonyl (C=O) groups excluding carboxylic acids is 1. The Hall–Kier alpha value is -1.49. The van der Waals surface area contributed by atoms with Crippen LogP contribution in [0.1, 0.15) is 19.3 Å². The molecule has 1 aliphatic heterocycles. The summed E-state index contributed by atoms with van der Waals surface area (Å²) in [6.07, 6.45) is 2.91. The minimum absolute atomic E-state index is 0.0908. The summed E-state index contributed by atoms with van der Waals surface area (Å²) in [6, 6.07) is 3.44. The molecule has 18 heavy (non-hydrogen) atoms. The molecule has 1 aliphatic carbocycles. The van der Waals surface area contributed by atoms with Gasteiger partial charge in [0.25, 0.3) is 0 Å². The predicted octanol–water partition coefficient (Wildman–Crippen LogP) is 1.82. The molecule has 3 nitrogen and oxygen atoms in total. The van der Waals surface area contributed by atoms with Gasteiger partial charge in [-0.2, -0.15) is 0 Å². The van der Waals surface area contributed by atoms with Crippen molar-refractivity contribution in [2.75, 3.05) is 11.4 Å². The topological polar surface area (TPSA) is 32.3 Å². The van der Waals surface area contributed by atoms with E-state index in [0.29, 0.717) is 24.7 Å². The molecule has 1 saturated carbocycles. The third-order valence-corrected chi connectivity index (χ3v) is 3.38. The molecule has 0 radical (unpaired) electrons. The predicted molar refractivity (Wildman–Crippen MR) is 63.3 cm³/mol. The molecule has 2 fully saturated rings. The van der Waals surface area contributed by atoms with Crippen molar-refractivity contribution >= 4 is 11.6 Å². The van der Waals surface area contributed by atoms with Crippen LogP contribution in [0.3, 0.4) is 0 Å².